The van der Waals surface area contributed by atoms with Gasteiger partial charge in [0.15, 0.2) is 0 Å². The van der Waals surface area contributed by atoms with Crippen LogP contribution >= 0.6 is 62.3 Å². The minimum atomic E-state index is 0.341. The molecule has 0 radical (unpaired) electrons. The van der Waals surface area contributed by atoms with E-state index in [2.05, 4.69) is 37.9 Å². The maximum Gasteiger partial charge on any atom is 0.00359 e. The molecule has 0 spiro atoms. The van der Waals surface area contributed by atoms with Crippen molar-refractivity contribution in [3.63, 3.8) is 0 Å². The first kappa shape index (κ1) is 15.2. The molecule has 0 aliphatic rings. The van der Waals surface area contributed by atoms with E-state index in [4.69, 9.17) is 24.4 Å². The quantitative estimate of drug-likeness (QED) is 0.462. The molecule has 0 aliphatic heterocycles. The Kier molecular flexibility index (Phi) is 10.3. The predicted octanol–water partition coefficient (Wildman–Crippen LogP) is 3.30. The highest BCUT2D eigenvalue weighted by molar-refractivity contribution is 7.82. The molecular formula is C9H16S5. The highest BCUT2D eigenvalue weighted by atomic mass is 32.1. The fourth-order valence-corrected chi connectivity index (χ4v) is 2.95. The summed E-state index contributed by atoms with van der Waals surface area (Å²) in [5.74, 6) is 2.74. The number of hydrogen-bond donors (Lipinski definition) is 3. The number of thiocarbonyl (C=S) groups is 2. The van der Waals surface area contributed by atoms with E-state index in [1.54, 1.807) is 0 Å². The first-order valence-electron chi connectivity index (χ1n) is 4.52. The van der Waals surface area contributed by atoms with Crippen LogP contribution in [0.1, 0.15) is 19.3 Å². The Balaban J connectivity index is 4.01. The van der Waals surface area contributed by atoms with Gasteiger partial charge in [-0.05, 0) is 46.3 Å². The standard InChI is InChI=1S/C9H16S5/c10-3-1-8(13)5-7(6-12)9(14)2-4-11/h7,10-12H,1-6H2. The van der Waals surface area contributed by atoms with Gasteiger partial charge in [-0.15, -0.1) is 0 Å². The Hall–Kier alpha value is 1.23. The van der Waals surface area contributed by atoms with Gasteiger partial charge in [-0.3, -0.25) is 0 Å². The SMILES string of the molecule is S=C(CCS)CC(CS)C(=S)CCS. The van der Waals surface area contributed by atoms with E-state index >= 15 is 0 Å². The molecule has 0 rings (SSSR count). The molecule has 0 heterocycles. The van der Waals surface area contributed by atoms with E-state index in [9.17, 15) is 0 Å². The van der Waals surface area contributed by atoms with E-state index in [0.717, 1.165) is 46.3 Å². The average molecular weight is 285 g/mol. The lowest BCUT2D eigenvalue weighted by atomic mass is 9.99. The third-order valence-electron chi connectivity index (χ3n) is 1.90. The van der Waals surface area contributed by atoms with Crippen LogP contribution in [0.15, 0.2) is 0 Å². The predicted molar refractivity (Wildman–Crippen MR) is 84.1 cm³/mol. The lowest BCUT2D eigenvalue weighted by Crippen LogP contribution is -2.18. The van der Waals surface area contributed by atoms with Gasteiger partial charge >= 0.3 is 0 Å². The topological polar surface area (TPSA) is 0 Å². The Labute approximate surface area is 114 Å². The normalized spacial score (nSPS) is 12.5. The zero-order valence-electron chi connectivity index (χ0n) is 7.98. The molecule has 0 aromatic heterocycles. The molecule has 0 nitrogen and oxygen atoms in total. The van der Waals surface area contributed by atoms with Crippen molar-refractivity contribution in [2.45, 2.75) is 19.3 Å². The summed E-state index contributed by atoms with van der Waals surface area (Å²) in [5, 5.41) is 0. The second-order valence-corrected chi connectivity index (χ2v) is 5.40. The van der Waals surface area contributed by atoms with Crippen molar-refractivity contribution in [2.75, 3.05) is 17.3 Å². The first-order chi connectivity index (χ1) is 6.65. The molecular weight excluding hydrogens is 268 g/mol. The van der Waals surface area contributed by atoms with Crippen LogP contribution in [0.3, 0.4) is 0 Å². The molecule has 14 heavy (non-hydrogen) atoms. The van der Waals surface area contributed by atoms with E-state index in [-0.39, 0.29) is 0 Å². The highest BCUT2D eigenvalue weighted by Crippen LogP contribution is 2.14. The molecule has 5 heteroatoms. The molecule has 1 unspecified atom stereocenters. The van der Waals surface area contributed by atoms with Crippen LogP contribution in [-0.4, -0.2) is 27.0 Å². The van der Waals surface area contributed by atoms with Crippen LogP contribution in [0, 0.1) is 5.92 Å². The van der Waals surface area contributed by atoms with Gasteiger partial charge in [-0.1, -0.05) is 24.4 Å². The minimum Gasteiger partial charge on any atom is -0.179 e. The van der Waals surface area contributed by atoms with Crippen LogP contribution in [0.4, 0.5) is 0 Å². The second kappa shape index (κ2) is 9.46. The summed E-state index contributed by atoms with van der Waals surface area (Å²) >= 11 is 23.2. The monoisotopic (exact) mass is 284 g/mol. The van der Waals surface area contributed by atoms with Crippen molar-refractivity contribution < 1.29 is 0 Å². The maximum atomic E-state index is 5.30. The highest BCUT2D eigenvalue weighted by Gasteiger charge is 2.13. The van der Waals surface area contributed by atoms with Crippen molar-refractivity contribution >= 4 is 72.1 Å². The van der Waals surface area contributed by atoms with E-state index in [1.807, 2.05) is 0 Å². The van der Waals surface area contributed by atoms with E-state index in [0.29, 0.717) is 5.92 Å². The molecule has 0 N–H and O–H groups in total. The summed E-state index contributed by atoms with van der Waals surface area (Å²) < 4.78 is 0. The van der Waals surface area contributed by atoms with Crippen molar-refractivity contribution in [3.8, 4) is 0 Å². The van der Waals surface area contributed by atoms with Crippen LogP contribution in [0.5, 0.6) is 0 Å². The van der Waals surface area contributed by atoms with Gasteiger partial charge in [0.05, 0.1) is 0 Å². The zero-order valence-corrected chi connectivity index (χ0v) is 12.3. The molecule has 0 saturated heterocycles. The summed E-state index contributed by atoms with van der Waals surface area (Å²) in [6, 6.07) is 0. The molecule has 0 aliphatic carbocycles. The third kappa shape index (κ3) is 6.67. The average Bonchev–Trinajstić information content (AvgIpc) is 2.15. The molecule has 82 valence electrons. The number of hydrogen-bond acceptors (Lipinski definition) is 5. The molecule has 1 atom stereocenters. The fourth-order valence-electron chi connectivity index (χ4n) is 1.10. The summed E-state index contributed by atoms with van der Waals surface area (Å²) in [7, 11) is 0. The molecule has 0 amide bonds. The zero-order chi connectivity index (χ0) is 11.0. The largest absolute Gasteiger partial charge is 0.179 e. The molecule has 0 bridgehead atoms. The Morgan fingerprint density at radius 2 is 1.57 bits per heavy atom. The van der Waals surface area contributed by atoms with Gasteiger partial charge in [-0.25, -0.2) is 0 Å². The van der Waals surface area contributed by atoms with Crippen molar-refractivity contribution in [2.24, 2.45) is 5.92 Å². The van der Waals surface area contributed by atoms with Gasteiger partial charge in [0.1, 0.15) is 0 Å². The summed E-state index contributed by atoms with van der Waals surface area (Å²) in [4.78, 5) is 2.11. The van der Waals surface area contributed by atoms with E-state index in [1.165, 1.54) is 0 Å². The summed E-state index contributed by atoms with van der Waals surface area (Å²) in [6.07, 6.45) is 2.66. The van der Waals surface area contributed by atoms with Crippen LogP contribution in [-0.2, 0) is 0 Å². The first-order valence-corrected chi connectivity index (χ1v) is 7.24. The summed E-state index contributed by atoms with van der Waals surface area (Å²) in [5.41, 5.74) is 0. The molecule has 0 saturated carbocycles. The fraction of sp³-hybridized carbons (Fsp3) is 0.778. The second-order valence-electron chi connectivity index (χ2n) is 3.04. The molecule has 0 fully saturated rings. The van der Waals surface area contributed by atoms with Gasteiger partial charge in [-0.2, -0.15) is 37.9 Å². The smallest absolute Gasteiger partial charge is 0.00359 e. The number of rotatable bonds is 8. The Morgan fingerprint density at radius 3 is 2.00 bits per heavy atom. The van der Waals surface area contributed by atoms with Gasteiger partial charge in [0.25, 0.3) is 0 Å². The van der Waals surface area contributed by atoms with Gasteiger partial charge in [0.2, 0.25) is 0 Å². The van der Waals surface area contributed by atoms with Crippen LogP contribution in [0.25, 0.3) is 0 Å². The minimum absolute atomic E-state index is 0.341. The lowest BCUT2D eigenvalue weighted by molar-refractivity contribution is 0.827. The van der Waals surface area contributed by atoms with Crippen molar-refractivity contribution in [1.82, 2.24) is 0 Å². The van der Waals surface area contributed by atoms with Crippen molar-refractivity contribution in [1.29, 1.82) is 0 Å². The Morgan fingerprint density at radius 1 is 1.00 bits per heavy atom. The van der Waals surface area contributed by atoms with Gasteiger partial charge < -0.3 is 0 Å². The lowest BCUT2D eigenvalue weighted by Gasteiger charge is -2.15. The maximum absolute atomic E-state index is 5.30. The van der Waals surface area contributed by atoms with Crippen molar-refractivity contribution in [3.05, 3.63) is 0 Å². The third-order valence-corrected chi connectivity index (χ3v) is 3.69. The van der Waals surface area contributed by atoms with Crippen LogP contribution < -0.4 is 0 Å². The number of thiol groups is 3. The summed E-state index contributed by atoms with van der Waals surface area (Å²) in [6.45, 7) is 0. The van der Waals surface area contributed by atoms with E-state index < -0.39 is 0 Å². The van der Waals surface area contributed by atoms with Crippen LogP contribution in [0.2, 0.25) is 0 Å². The Bertz CT molecular complexity index is 190. The van der Waals surface area contributed by atoms with Gasteiger partial charge in [0, 0.05) is 5.92 Å². The molecule has 0 aromatic carbocycles. The molecule has 0 aromatic rings.